The number of nitrogens with one attached hydrogen (secondary N) is 2. The van der Waals surface area contributed by atoms with Crippen molar-refractivity contribution in [3.63, 3.8) is 0 Å². The molecule has 6 heteroatoms. The van der Waals surface area contributed by atoms with E-state index in [4.69, 9.17) is 5.26 Å². The Hall–Kier alpha value is -3.20. The summed E-state index contributed by atoms with van der Waals surface area (Å²) >= 11 is 0. The van der Waals surface area contributed by atoms with Gasteiger partial charge in [0.05, 0.1) is 6.20 Å². The summed E-state index contributed by atoms with van der Waals surface area (Å²) in [4.78, 5) is 16.4. The Labute approximate surface area is 114 Å². The van der Waals surface area contributed by atoms with Crippen LogP contribution >= 0.6 is 0 Å². The number of carbonyl (C=O) groups is 1. The second-order valence-electron chi connectivity index (χ2n) is 4.11. The maximum atomic E-state index is 12.3. The smallest absolute Gasteiger partial charge is 0.276 e. The number of anilines is 1. The van der Waals surface area contributed by atoms with Gasteiger partial charge < -0.3 is 5.32 Å². The lowest BCUT2D eigenvalue weighted by atomic mass is 10.1. The zero-order chi connectivity index (χ0) is 13.9. The number of nitrogens with zero attached hydrogens (tertiary/aromatic N) is 3. The fourth-order valence-corrected chi connectivity index (χ4v) is 1.94. The van der Waals surface area contributed by atoms with Crippen molar-refractivity contribution in [2.45, 2.75) is 0 Å². The molecular formula is C14H9N5O. The summed E-state index contributed by atoms with van der Waals surface area (Å²) in [6, 6.07) is 11.3. The van der Waals surface area contributed by atoms with Crippen LogP contribution < -0.4 is 5.32 Å². The van der Waals surface area contributed by atoms with Gasteiger partial charge >= 0.3 is 0 Å². The van der Waals surface area contributed by atoms with E-state index in [1.165, 1.54) is 6.20 Å². The number of aromatic nitrogens is 3. The minimum absolute atomic E-state index is 0.271. The standard InChI is InChI=1S/C14H9N5O/c15-7-10-8-17-19-13(10)18-14(20)12-11-4-2-1-3-9(11)5-6-16-12/h1-6,8H,(H2,17,18,19,20). The molecule has 0 aliphatic carbocycles. The van der Waals surface area contributed by atoms with Crippen molar-refractivity contribution in [3.05, 3.63) is 54.0 Å². The SMILES string of the molecule is N#Cc1cn[nH]c1NC(=O)c1nccc2ccccc12. The number of hydrogen-bond acceptors (Lipinski definition) is 4. The molecule has 6 nitrogen and oxygen atoms in total. The Morgan fingerprint density at radius 2 is 2.15 bits per heavy atom. The van der Waals surface area contributed by atoms with Gasteiger partial charge in [-0.15, -0.1) is 0 Å². The van der Waals surface area contributed by atoms with E-state index in [-0.39, 0.29) is 17.3 Å². The molecule has 0 atom stereocenters. The van der Waals surface area contributed by atoms with E-state index in [2.05, 4.69) is 20.5 Å². The van der Waals surface area contributed by atoms with Crippen molar-refractivity contribution in [2.75, 3.05) is 5.32 Å². The Morgan fingerprint density at radius 1 is 1.30 bits per heavy atom. The molecule has 0 saturated carbocycles. The molecule has 0 radical (unpaired) electrons. The number of H-pyrrole nitrogens is 1. The third-order valence-electron chi connectivity index (χ3n) is 2.89. The first-order chi connectivity index (χ1) is 9.79. The van der Waals surface area contributed by atoms with Gasteiger partial charge in [-0.05, 0) is 11.5 Å². The zero-order valence-corrected chi connectivity index (χ0v) is 10.3. The van der Waals surface area contributed by atoms with Gasteiger partial charge in [0.2, 0.25) is 0 Å². The molecule has 2 aromatic heterocycles. The highest BCUT2D eigenvalue weighted by atomic mass is 16.2. The minimum Gasteiger partial charge on any atom is -0.304 e. The highest BCUT2D eigenvalue weighted by molar-refractivity contribution is 6.11. The highest BCUT2D eigenvalue weighted by Crippen LogP contribution is 2.18. The molecule has 1 amide bonds. The summed E-state index contributed by atoms with van der Waals surface area (Å²) in [6.45, 7) is 0. The second-order valence-corrected chi connectivity index (χ2v) is 4.11. The van der Waals surface area contributed by atoms with Gasteiger partial charge in [-0.2, -0.15) is 10.4 Å². The number of aromatic amines is 1. The topological polar surface area (TPSA) is 94.5 Å². The number of pyridine rings is 1. The van der Waals surface area contributed by atoms with Crippen molar-refractivity contribution >= 4 is 22.5 Å². The van der Waals surface area contributed by atoms with Crippen LogP contribution in [0.15, 0.2) is 42.7 Å². The molecule has 1 aromatic carbocycles. The molecule has 2 heterocycles. The van der Waals surface area contributed by atoms with Crippen LogP contribution in [0.1, 0.15) is 16.1 Å². The van der Waals surface area contributed by atoms with Crippen LogP contribution in [0.2, 0.25) is 0 Å². The summed E-state index contributed by atoms with van der Waals surface area (Å²) in [6.07, 6.45) is 2.93. The van der Waals surface area contributed by atoms with Crippen LogP contribution in [0, 0.1) is 11.3 Å². The molecule has 3 aromatic rings. The van der Waals surface area contributed by atoms with Gasteiger partial charge in [-0.1, -0.05) is 24.3 Å². The molecule has 3 rings (SSSR count). The lowest BCUT2D eigenvalue weighted by Crippen LogP contribution is -2.15. The number of benzene rings is 1. The number of hydrogen-bond donors (Lipinski definition) is 2. The molecule has 0 aliphatic heterocycles. The van der Waals surface area contributed by atoms with E-state index in [0.717, 1.165) is 10.8 Å². The molecule has 2 N–H and O–H groups in total. The normalized spacial score (nSPS) is 10.2. The average Bonchev–Trinajstić information content (AvgIpc) is 2.93. The van der Waals surface area contributed by atoms with Crippen LogP contribution in [-0.2, 0) is 0 Å². The first-order valence-electron chi connectivity index (χ1n) is 5.88. The van der Waals surface area contributed by atoms with Crippen LogP contribution in [0.25, 0.3) is 10.8 Å². The van der Waals surface area contributed by atoms with Crippen molar-refractivity contribution in [2.24, 2.45) is 0 Å². The fraction of sp³-hybridized carbons (Fsp3) is 0. The summed E-state index contributed by atoms with van der Waals surface area (Å²) in [5.74, 6) is -0.116. The molecule has 0 bridgehead atoms. The number of rotatable bonds is 2. The second kappa shape index (κ2) is 4.82. The van der Waals surface area contributed by atoms with Gasteiger partial charge in [0.25, 0.3) is 5.91 Å². The van der Waals surface area contributed by atoms with Crippen LogP contribution in [0.3, 0.4) is 0 Å². The molecule has 0 saturated heterocycles. The predicted molar refractivity (Wildman–Crippen MR) is 73.0 cm³/mol. The van der Waals surface area contributed by atoms with Crippen molar-refractivity contribution < 1.29 is 4.79 Å². The van der Waals surface area contributed by atoms with Crippen molar-refractivity contribution in [3.8, 4) is 6.07 Å². The third-order valence-corrected chi connectivity index (χ3v) is 2.89. The quantitative estimate of drug-likeness (QED) is 0.740. The zero-order valence-electron chi connectivity index (χ0n) is 10.3. The number of amides is 1. The molecule has 0 unspecified atom stereocenters. The number of fused-ring (bicyclic) bond motifs is 1. The summed E-state index contributed by atoms with van der Waals surface area (Å²) in [7, 11) is 0. The van der Waals surface area contributed by atoms with Gasteiger partial charge in [-0.25, -0.2) is 0 Å². The summed E-state index contributed by atoms with van der Waals surface area (Å²) in [5, 5.41) is 19.5. The third kappa shape index (κ3) is 1.97. The van der Waals surface area contributed by atoms with Crippen LogP contribution in [-0.4, -0.2) is 21.1 Å². The van der Waals surface area contributed by atoms with Gasteiger partial charge in [-0.3, -0.25) is 14.9 Å². The van der Waals surface area contributed by atoms with Crippen molar-refractivity contribution in [1.29, 1.82) is 5.26 Å². The van der Waals surface area contributed by atoms with E-state index >= 15 is 0 Å². The molecule has 0 fully saturated rings. The first-order valence-corrected chi connectivity index (χ1v) is 5.88. The minimum atomic E-state index is -0.387. The van der Waals surface area contributed by atoms with Gasteiger partial charge in [0.1, 0.15) is 23.1 Å². The lowest BCUT2D eigenvalue weighted by molar-refractivity contribution is 0.102. The Bertz CT molecular complexity index is 825. The summed E-state index contributed by atoms with van der Waals surface area (Å²) < 4.78 is 0. The van der Waals surface area contributed by atoms with Gasteiger partial charge in [0.15, 0.2) is 0 Å². The Kier molecular flexibility index (Phi) is 2.86. The largest absolute Gasteiger partial charge is 0.304 e. The molecule has 0 aliphatic rings. The number of nitriles is 1. The molecule has 0 spiro atoms. The molecular weight excluding hydrogens is 254 g/mol. The van der Waals surface area contributed by atoms with E-state index in [1.54, 1.807) is 6.20 Å². The molecule has 96 valence electrons. The van der Waals surface area contributed by atoms with E-state index in [9.17, 15) is 4.79 Å². The van der Waals surface area contributed by atoms with E-state index in [1.807, 2.05) is 36.4 Å². The Balaban J connectivity index is 2.00. The number of carbonyl (C=O) groups excluding carboxylic acids is 1. The van der Waals surface area contributed by atoms with Crippen molar-refractivity contribution in [1.82, 2.24) is 15.2 Å². The van der Waals surface area contributed by atoms with E-state index in [0.29, 0.717) is 5.69 Å². The monoisotopic (exact) mass is 263 g/mol. The Morgan fingerprint density at radius 3 is 3.00 bits per heavy atom. The van der Waals surface area contributed by atoms with E-state index < -0.39 is 0 Å². The first kappa shape index (κ1) is 11.9. The van der Waals surface area contributed by atoms with Crippen LogP contribution in [0.4, 0.5) is 5.82 Å². The predicted octanol–water partition coefficient (Wildman–Crippen LogP) is 2.08. The maximum absolute atomic E-state index is 12.3. The maximum Gasteiger partial charge on any atom is 0.276 e. The summed E-state index contributed by atoms with van der Waals surface area (Å²) in [5.41, 5.74) is 0.583. The lowest BCUT2D eigenvalue weighted by Gasteiger charge is -2.05. The highest BCUT2D eigenvalue weighted by Gasteiger charge is 2.14. The molecule has 20 heavy (non-hydrogen) atoms. The van der Waals surface area contributed by atoms with Crippen LogP contribution in [0.5, 0.6) is 0 Å². The average molecular weight is 263 g/mol. The van der Waals surface area contributed by atoms with Gasteiger partial charge in [0, 0.05) is 11.6 Å². The fourth-order valence-electron chi connectivity index (χ4n) is 1.94.